The Morgan fingerprint density at radius 2 is 1.75 bits per heavy atom. The number of hydrogen-bond donors (Lipinski definition) is 3. The lowest BCUT2D eigenvalue weighted by atomic mass is 10.0. The standard InChI is InChI=1S/C29H30F2N6O3/c1-2-4-19(5-3-13-32)15-20-12-14-37-28(20)29(33-18-34-37)40-25-11-10-23(16-24(25)31)36-27(39)17-26(38)35-22-8-6-21(30)7-9-22/h6-12,14-16,18H,2-5,13,17,32H2,1H3,(H,35,38)(H,36,39)/b19-15-. The number of aromatic nitrogens is 3. The lowest BCUT2D eigenvalue weighted by Gasteiger charge is -2.11. The van der Waals surface area contributed by atoms with Gasteiger partial charge in [-0.1, -0.05) is 25.0 Å². The lowest BCUT2D eigenvalue weighted by molar-refractivity contribution is -0.123. The van der Waals surface area contributed by atoms with E-state index in [9.17, 15) is 18.4 Å². The van der Waals surface area contributed by atoms with E-state index in [-0.39, 0.29) is 17.3 Å². The van der Waals surface area contributed by atoms with Crippen molar-refractivity contribution in [1.82, 2.24) is 14.6 Å². The van der Waals surface area contributed by atoms with E-state index in [1.807, 2.05) is 6.07 Å². The van der Waals surface area contributed by atoms with Crippen molar-refractivity contribution >= 4 is 34.8 Å². The molecule has 0 unspecified atom stereocenters. The number of nitrogens with two attached hydrogens (primary N) is 1. The van der Waals surface area contributed by atoms with Crippen LogP contribution >= 0.6 is 0 Å². The van der Waals surface area contributed by atoms with Crippen LogP contribution in [0.4, 0.5) is 20.2 Å². The van der Waals surface area contributed by atoms with Gasteiger partial charge in [0.15, 0.2) is 11.6 Å². The van der Waals surface area contributed by atoms with E-state index >= 15 is 0 Å². The molecule has 2 amide bonds. The first kappa shape index (κ1) is 28.4. The van der Waals surface area contributed by atoms with E-state index in [1.54, 1.807) is 10.7 Å². The summed E-state index contributed by atoms with van der Waals surface area (Å²) in [5.41, 5.74) is 8.87. The van der Waals surface area contributed by atoms with Crippen LogP contribution in [0.25, 0.3) is 11.6 Å². The van der Waals surface area contributed by atoms with Crippen LogP contribution in [-0.4, -0.2) is 33.0 Å². The largest absolute Gasteiger partial charge is 0.434 e. The van der Waals surface area contributed by atoms with Crippen molar-refractivity contribution in [2.24, 2.45) is 5.73 Å². The summed E-state index contributed by atoms with van der Waals surface area (Å²) in [7, 11) is 0. The fourth-order valence-corrected chi connectivity index (χ4v) is 4.13. The third-order valence-corrected chi connectivity index (χ3v) is 5.96. The van der Waals surface area contributed by atoms with E-state index in [4.69, 9.17) is 10.5 Å². The maximum atomic E-state index is 15.0. The highest BCUT2D eigenvalue weighted by Crippen LogP contribution is 2.31. The predicted molar refractivity (Wildman–Crippen MR) is 149 cm³/mol. The fraction of sp³-hybridized carbons (Fsp3) is 0.241. The zero-order valence-corrected chi connectivity index (χ0v) is 22.0. The lowest BCUT2D eigenvalue weighted by Crippen LogP contribution is -2.21. The van der Waals surface area contributed by atoms with Crippen molar-refractivity contribution in [1.29, 1.82) is 0 Å². The summed E-state index contributed by atoms with van der Waals surface area (Å²) in [6.45, 7) is 2.72. The van der Waals surface area contributed by atoms with Crippen molar-refractivity contribution in [3.63, 3.8) is 0 Å². The van der Waals surface area contributed by atoms with Gasteiger partial charge in [-0.3, -0.25) is 9.59 Å². The molecule has 2 aromatic carbocycles. The second-order valence-corrected chi connectivity index (χ2v) is 9.10. The quantitative estimate of drug-likeness (QED) is 0.196. The summed E-state index contributed by atoms with van der Waals surface area (Å²) in [5.74, 6) is -2.34. The summed E-state index contributed by atoms with van der Waals surface area (Å²) in [6.07, 6.45) is 8.35. The van der Waals surface area contributed by atoms with Gasteiger partial charge in [0, 0.05) is 29.2 Å². The summed E-state index contributed by atoms with van der Waals surface area (Å²) >= 11 is 0. The number of carbonyl (C=O) groups excluding carboxylic acids is 2. The smallest absolute Gasteiger partial charge is 0.247 e. The van der Waals surface area contributed by atoms with Gasteiger partial charge in [0.05, 0.1) is 0 Å². The summed E-state index contributed by atoms with van der Waals surface area (Å²) < 4.78 is 35.5. The number of hydrogen-bond acceptors (Lipinski definition) is 6. The van der Waals surface area contributed by atoms with Gasteiger partial charge in [-0.2, -0.15) is 10.1 Å². The van der Waals surface area contributed by atoms with Crippen molar-refractivity contribution in [2.45, 2.75) is 39.0 Å². The third-order valence-electron chi connectivity index (χ3n) is 5.96. The van der Waals surface area contributed by atoms with Gasteiger partial charge >= 0.3 is 0 Å². The van der Waals surface area contributed by atoms with Gasteiger partial charge in [0.2, 0.25) is 17.7 Å². The molecule has 0 atom stereocenters. The average Bonchev–Trinajstić information content (AvgIpc) is 3.33. The molecule has 2 aromatic heterocycles. The molecule has 0 spiro atoms. The number of ether oxygens (including phenoxy) is 1. The van der Waals surface area contributed by atoms with Crippen LogP contribution < -0.4 is 21.1 Å². The van der Waals surface area contributed by atoms with Gasteiger partial charge in [0.1, 0.15) is 24.1 Å². The Balaban J connectivity index is 1.45. The number of anilines is 2. The van der Waals surface area contributed by atoms with Crippen LogP contribution in [0.15, 0.2) is 66.6 Å². The SMILES string of the molecule is CCC/C(=C/c1ccn2ncnc(Oc3ccc(NC(=O)CC(=O)Nc4ccc(F)cc4)cc3F)c12)CCCN. The highest BCUT2D eigenvalue weighted by Gasteiger charge is 2.16. The number of fused-ring (bicyclic) bond motifs is 1. The van der Waals surface area contributed by atoms with E-state index in [0.717, 1.165) is 37.3 Å². The number of rotatable bonds is 12. The van der Waals surface area contributed by atoms with Crippen LogP contribution in [0.3, 0.4) is 0 Å². The normalized spacial score (nSPS) is 11.4. The molecule has 4 aromatic rings. The Kier molecular flexibility index (Phi) is 9.53. The number of allylic oxidation sites excluding steroid dienone is 1. The summed E-state index contributed by atoms with van der Waals surface area (Å²) in [4.78, 5) is 28.6. The first-order chi connectivity index (χ1) is 19.4. The van der Waals surface area contributed by atoms with E-state index in [2.05, 4.69) is 33.7 Å². The third kappa shape index (κ3) is 7.48. The highest BCUT2D eigenvalue weighted by atomic mass is 19.1. The first-order valence-electron chi connectivity index (χ1n) is 12.9. The minimum absolute atomic E-state index is 0.0966. The Labute approximate surface area is 230 Å². The second-order valence-electron chi connectivity index (χ2n) is 9.10. The maximum absolute atomic E-state index is 15.0. The highest BCUT2D eigenvalue weighted by molar-refractivity contribution is 6.08. The minimum atomic E-state index is -0.733. The minimum Gasteiger partial charge on any atom is -0.434 e. The molecule has 0 aliphatic rings. The van der Waals surface area contributed by atoms with Crippen LogP contribution in [0.2, 0.25) is 0 Å². The number of benzene rings is 2. The summed E-state index contributed by atoms with van der Waals surface area (Å²) in [5, 5.41) is 9.21. The molecule has 208 valence electrons. The van der Waals surface area contributed by atoms with Crippen LogP contribution in [0.5, 0.6) is 11.6 Å². The molecule has 0 saturated heterocycles. The zero-order valence-electron chi connectivity index (χ0n) is 22.0. The Morgan fingerprint density at radius 1 is 1.02 bits per heavy atom. The average molecular weight is 549 g/mol. The van der Waals surface area contributed by atoms with Crippen LogP contribution in [-0.2, 0) is 9.59 Å². The number of amides is 2. The molecule has 2 heterocycles. The monoisotopic (exact) mass is 548 g/mol. The molecule has 4 rings (SSSR count). The molecule has 0 fully saturated rings. The molecule has 0 aliphatic carbocycles. The van der Waals surface area contributed by atoms with E-state index in [1.165, 1.54) is 48.3 Å². The molecule has 40 heavy (non-hydrogen) atoms. The first-order valence-corrected chi connectivity index (χ1v) is 12.9. The van der Waals surface area contributed by atoms with E-state index in [0.29, 0.717) is 17.7 Å². The molecule has 11 heteroatoms. The van der Waals surface area contributed by atoms with Gasteiger partial charge in [0.25, 0.3) is 0 Å². The fourth-order valence-electron chi connectivity index (χ4n) is 4.13. The molecule has 9 nitrogen and oxygen atoms in total. The van der Waals surface area contributed by atoms with Crippen LogP contribution in [0, 0.1) is 11.6 Å². The molecule has 0 saturated carbocycles. The van der Waals surface area contributed by atoms with Gasteiger partial charge in [-0.25, -0.2) is 13.3 Å². The van der Waals surface area contributed by atoms with Gasteiger partial charge < -0.3 is 21.1 Å². The molecule has 0 aliphatic heterocycles. The topological polar surface area (TPSA) is 124 Å². The van der Waals surface area contributed by atoms with Gasteiger partial charge in [-0.15, -0.1) is 0 Å². The van der Waals surface area contributed by atoms with Crippen molar-refractivity contribution < 1.29 is 23.1 Å². The number of nitrogens with one attached hydrogen (secondary N) is 2. The van der Waals surface area contributed by atoms with E-state index < -0.39 is 29.9 Å². The maximum Gasteiger partial charge on any atom is 0.247 e. The van der Waals surface area contributed by atoms with Crippen molar-refractivity contribution in [2.75, 3.05) is 17.2 Å². The molecular weight excluding hydrogens is 518 g/mol. The number of nitrogens with zero attached hydrogens (tertiary/aromatic N) is 3. The number of halogens is 2. The molecule has 0 radical (unpaired) electrons. The zero-order chi connectivity index (χ0) is 28.5. The Morgan fingerprint density at radius 3 is 2.45 bits per heavy atom. The molecule has 0 bridgehead atoms. The van der Waals surface area contributed by atoms with Gasteiger partial charge in [-0.05, 0) is 68.3 Å². The van der Waals surface area contributed by atoms with Crippen molar-refractivity contribution in [3.8, 4) is 11.6 Å². The van der Waals surface area contributed by atoms with Crippen molar-refractivity contribution in [3.05, 3.63) is 83.8 Å². The predicted octanol–water partition coefficient (Wildman–Crippen LogP) is 5.69. The molecule has 4 N–H and O–H groups in total. The second kappa shape index (κ2) is 13.4. The molecular formula is C29H30F2N6O3. The Bertz CT molecular complexity index is 1520. The number of carbonyl (C=O) groups is 2. The van der Waals surface area contributed by atoms with Crippen LogP contribution in [0.1, 0.15) is 44.6 Å². The summed E-state index contributed by atoms with van der Waals surface area (Å²) in [6, 6.07) is 11.0. The Hall–Kier alpha value is -4.64.